The Balaban J connectivity index is 1.80. The van der Waals surface area contributed by atoms with E-state index in [0.717, 1.165) is 30.2 Å². The Kier molecular flexibility index (Phi) is 9.26. The second kappa shape index (κ2) is 11.9. The van der Waals surface area contributed by atoms with E-state index in [-0.39, 0.29) is 31.0 Å². The van der Waals surface area contributed by atoms with Crippen molar-refractivity contribution in [3.63, 3.8) is 0 Å². The molecule has 0 bridgehead atoms. The number of hydrogen-bond acceptors (Lipinski definition) is 3. The van der Waals surface area contributed by atoms with E-state index in [2.05, 4.69) is 21.2 Å². The van der Waals surface area contributed by atoms with Crippen LogP contribution in [-0.4, -0.2) is 35.4 Å². The third-order valence-electron chi connectivity index (χ3n) is 5.65. The zero-order valence-corrected chi connectivity index (χ0v) is 21.0. The third kappa shape index (κ3) is 6.63. The summed E-state index contributed by atoms with van der Waals surface area (Å²) >= 11 is 16.1. The lowest BCUT2D eigenvalue weighted by Crippen LogP contribution is -2.52. The smallest absolute Gasteiger partial charge is 0.261 e. The van der Waals surface area contributed by atoms with Crippen molar-refractivity contribution >= 4 is 50.9 Å². The van der Waals surface area contributed by atoms with Crippen LogP contribution < -0.4 is 10.1 Å². The molecule has 172 valence electrons. The molecule has 8 heteroatoms. The summed E-state index contributed by atoms with van der Waals surface area (Å²) in [4.78, 5) is 27.9. The zero-order chi connectivity index (χ0) is 23.1. The van der Waals surface area contributed by atoms with Crippen LogP contribution in [0.3, 0.4) is 0 Å². The fourth-order valence-corrected chi connectivity index (χ4v) is 4.68. The van der Waals surface area contributed by atoms with Crippen LogP contribution in [0.1, 0.15) is 44.6 Å². The van der Waals surface area contributed by atoms with Gasteiger partial charge < -0.3 is 15.0 Å². The summed E-state index contributed by atoms with van der Waals surface area (Å²) in [5.41, 5.74) is 0.611. The molecule has 2 aromatic carbocycles. The minimum atomic E-state index is -0.649. The molecule has 0 spiro atoms. The van der Waals surface area contributed by atoms with Gasteiger partial charge in [-0.2, -0.15) is 0 Å². The molecule has 0 aliphatic heterocycles. The Morgan fingerprint density at radius 3 is 2.34 bits per heavy atom. The molecule has 0 radical (unpaired) electrons. The summed E-state index contributed by atoms with van der Waals surface area (Å²) in [5, 5.41) is 4.02. The molecule has 32 heavy (non-hydrogen) atoms. The highest BCUT2D eigenvalue weighted by atomic mass is 79.9. The molecule has 0 heterocycles. The maximum absolute atomic E-state index is 13.3. The van der Waals surface area contributed by atoms with Gasteiger partial charge in [0.2, 0.25) is 5.91 Å². The monoisotopic (exact) mass is 540 g/mol. The van der Waals surface area contributed by atoms with Gasteiger partial charge in [0, 0.05) is 32.7 Å². The van der Waals surface area contributed by atoms with E-state index in [9.17, 15) is 9.59 Å². The predicted molar refractivity (Wildman–Crippen MR) is 131 cm³/mol. The lowest BCUT2D eigenvalue weighted by Gasteiger charge is -2.32. The van der Waals surface area contributed by atoms with E-state index in [1.807, 2.05) is 19.1 Å². The van der Waals surface area contributed by atoms with E-state index >= 15 is 0 Å². The molecule has 3 rings (SSSR count). The van der Waals surface area contributed by atoms with E-state index in [1.54, 1.807) is 30.3 Å². The number of halogens is 3. The maximum atomic E-state index is 13.3. The molecule has 2 amide bonds. The Morgan fingerprint density at radius 1 is 1.12 bits per heavy atom. The molecule has 1 saturated carbocycles. The first-order valence-electron chi connectivity index (χ1n) is 10.8. The van der Waals surface area contributed by atoms with Gasteiger partial charge in [0.25, 0.3) is 5.91 Å². The second-order valence-corrected chi connectivity index (χ2v) is 9.61. The van der Waals surface area contributed by atoms with Crippen LogP contribution in [0, 0.1) is 0 Å². The minimum absolute atomic E-state index is 0.123. The van der Waals surface area contributed by atoms with Gasteiger partial charge in [0.15, 0.2) is 6.61 Å². The second-order valence-electron chi connectivity index (χ2n) is 7.88. The standard InChI is InChI=1S/C24H27BrCl2N2O3/c1-2-22(24(31)28-17-6-3-4-7-17)29(14-19-20(26)8-5-9-21(19)27)23(30)15-32-18-12-10-16(25)11-13-18/h5,8-13,17,22H,2-4,6-7,14-15H2,1H3,(H,28,31)/t22-/m0/s1. The Hall–Kier alpha value is -1.76. The highest BCUT2D eigenvalue weighted by Gasteiger charge is 2.31. The summed E-state index contributed by atoms with van der Waals surface area (Å²) in [7, 11) is 0. The summed E-state index contributed by atoms with van der Waals surface area (Å²) < 4.78 is 6.62. The van der Waals surface area contributed by atoms with E-state index in [0.29, 0.717) is 27.8 Å². The van der Waals surface area contributed by atoms with Crippen LogP contribution in [0.5, 0.6) is 5.75 Å². The number of hydrogen-bond donors (Lipinski definition) is 1. The maximum Gasteiger partial charge on any atom is 0.261 e. The summed E-state index contributed by atoms with van der Waals surface area (Å²) in [6.45, 7) is 1.82. The van der Waals surface area contributed by atoms with Crippen LogP contribution in [0.25, 0.3) is 0 Å². The molecule has 1 aliphatic rings. The van der Waals surface area contributed by atoms with Gasteiger partial charge in [-0.05, 0) is 55.7 Å². The fourth-order valence-electron chi connectivity index (χ4n) is 3.90. The molecule has 1 atom stereocenters. The van der Waals surface area contributed by atoms with E-state index in [4.69, 9.17) is 27.9 Å². The van der Waals surface area contributed by atoms with Gasteiger partial charge >= 0.3 is 0 Å². The van der Waals surface area contributed by atoms with Crippen LogP contribution in [0.2, 0.25) is 10.0 Å². The highest BCUT2D eigenvalue weighted by Crippen LogP contribution is 2.27. The lowest BCUT2D eigenvalue weighted by atomic mass is 10.1. The molecule has 2 aromatic rings. The first kappa shape index (κ1) is 24.9. The number of nitrogens with one attached hydrogen (secondary N) is 1. The average Bonchev–Trinajstić information content (AvgIpc) is 3.28. The average molecular weight is 542 g/mol. The molecular formula is C24H27BrCl2N2O3. The normalized spacial score (nSPS) is 14.8. The third-order valence-corrected chi connectivity index (χ3v) is 6.89. The number of ether oxygens (including phenoxy) is 1. The first-order valence-corrected chi connectivity index (χ1v) is 12.3. The van der Waals surface area contributed by atoms with Crippen molar-refractivity contribution in [2.24, 2.45) is 0 Å². The zero-order valence-electron chi connectivity index (χ0n) is 18.0. The molecule has 0 aromatic heterocycles. The highest BCUT2D eigenvalue weighted by molar-refractivity contribution is 9.10. The number of rotatable bonds is 9. The summed E-state index contributed by atoms with van der Waals surface area (Å²) in [5.74, 6) is 0.109. The SMILES string of the molecule is CC[C@@H](C(=O)NC1CCCC1)N(Cc1c(Cl)cccc1Cl)C(=O)COc1ccc(Br)cc1. The van der Waals surface area contributed by atoms with Gasteiger partial charge in [-0.15, -0.1) is 0 Å². The van der Waals surface area contributed by atoms with Crippen molar-refractivity contribution in [3.8, 4) is 5.75 Å². The lowest BCUT2D eigenvalue weighted by molar-refractivity contribution is -0.143. The number of nitrogens with zero attached hydrogens (tertiary/aromatic N) is 1. The minimum Gasteiger partial charge on any atom is -0.484 e. The van der Waals surface area contributed by atoms with Crippen molar-refractivity contribution in [2.45, 2.75) is 57.7 Å². The van der Waals surface area contributed by atoms with Crippen molar-refractivity contribution in [1.29, 1.82) is 0 Å². The van der Waals surface area contributed by atoms with Gasteiger partial charge in [-0.1, -0.05) is 65.0 Å². The predicted octanol–water partition coefficient (Wildman–Crippen LogP) is 6.00. The fraction of sp³-hybridized carbons (Fsp3) is 0.417. The first-order chi connectivity index (χ1) is 15.4. The molecule has 1 fully saturated rings. The molecule has 1 N–H and O–H groups in total. The topological polar surface area (TPSA) is 58.6 Å². The van der Waals surface area contributed by atoms with Crippen LogP contribution in [-0.2, 0) is 16.1 Å². The van der Waals surface area contributed by atoms with Gasteiger partial charge in [0.05, 0.1) is 0 Å². The van der Waals surface area contributed by atoms with E-state index < -0.39 is 6.04 Å². The number of carbonyl (C=O) groups is 2. The Morgan fingerprint density at radius 2 is 1.75 bits per heavy atom. The Bertz CT molecular complexity index is 913. The summed E-state index contributed by atoms with van der Waals surface area (Å²) in [6.07, 6.45) is 4.63. The van der Waals surface area contributed by atoms with Crippen molar-refractivity contribution < 1.29 is 14.3 Å². The van der Waals surface area contributed by atoms with Gasteiger partial charge in [-0.25, -0.2) is 0 Å². The number of amides is 2. The molecular weight excluding hydrogens is 515 g/mol. The van der Waals surface area contributed by atoms with Crippen LogP contribution in [0.4, 0.5) is 0 Å². The summed E-state index contributed by atoms with van der Waals surface area (Å²) in [6, 6.07) is 11.9. The van der Waals surface area contributed by atoms with Gasteiger partial charge in [0.1, 0.15) is 11.8 Å². The quantitative estimate of drug-likeness (QED) is 0.423. The molecule has 0 saturated heterocycles. The molecule has 5 nitrogen and oxygen atoms in total. The van der Waals surface area contributed by atoms with Crippen LogP contribution in [0.15, 0.2) is 46.9 Å². The number of carbonyl (C=O) groups excluding carboxylic acids is 2. The van der Waals surface area contributed by atoms with Gasteiger partial charge in [-0.3, -0.25) is 9.59 Å². The van der Waals surface area contributed by atoms with Crippen molar-refractivity contribution in [2.75, 3.05) is 6.61 Å². The largest absolute Gasteiger partial charge is 0.484 e. The van der Waals surface area contributed by atoms with Crippen molar-refractivity contribution in [3.05, 3.63) is 62.5 Å². The molecule has 0 unspecified atom stereocenters. The Labute approximate surface area is 207 Å². The van der Waals surface area contributed by atoms with Crippen LogP contribution >= 0.6 is 39.1 Å². The molecule has 1 aliphatic carbocycles. The number of benzene rings is 2. The van der Waals surface area contributed by atoms with Crippen molar-refractivity contribution in [1.82, 2.24) is 10.2 Å². The van der Waals surface area contributed by atoms with E-state index in [1.165, 1.54) is 4.90 Å².